The second-order valence-electron chi connectivity index (χ2n) is 6.01. The zero-order valence-corrected chi connectivity index (χ0v) is 16.8. The Bertz CT molecular complexity index is 584. The highest BCUT2D eigenvalue weighted by atomic mass is 16.7. The van der Waals surface area contributed by atoms with E-state index in [2.05, 4.69) is 10.0 Å². The molecule has 0 aromatic carbocycles. The molecule has 0 spiro atoms. The minimum atomic E-state index is -1.90. The molecule has 160 valence electrons. The third-order valence-electron chi connectivity index (χ3n) is 4.44. The van der Waals surface area contributed by atoms with Crippen molar-refractivity contribution in [2.24, 2.45) is 5.11 Å². The molecule has 12 nitrogen and oxygen atoms in total. The van der Waals surface area contributed by atoms with Gasteiger partial charge in [0, 0.05) is 40.3 Å². The van der Waals surface area contributed by atoms with Crippen LogP contribution in [0.25, 0.3) is 10.4 Å². The highest BCUT2D eigenvalue weighted by Gasteiger charge is 2.57. The summed E-state index contributed by atoms with van der Waals surface area (Å²) in [7, 11) is 6.72. The summed E-state index contributed by atoms with van der Waals surface area (Å²) in [4.78, 5) is 26.9. The van der Waals surface area contributed by atoms with Crippen molar-refractivity contribution in [2.75, 3.05) is 42.2 Å². The highest BCUT2D eigenvalue weighted by molar-refractivity contribution is 5.78. The zero-order valence-electron chi connectivity index (χ0n) is 16.8. The Kier molecular flexibility index (Phi) is 9.59. The van der Waals surface area contributed by atoms with E-state index < -0.39 is 48.2 Å². The SMILES string of the molecule is COC[C@@H](OC)[C@@H](OC)C1O[C@](OC)(C(=O)OC)C[C@@H](OC(C)=O)[C@H]1N=[N+]=[N-]. The molecule has 1 aliphatic rings. The van der Waals surface area contributed by atoms with Gasteiger partial charge in [-0.3, -0.25) is 4.79 Å². The van der Waals surface area contributed by atoms with Crippen LogP contribution in [0.3, 0.4) is 0 Å². The first-order chi connectivity index (χ1) is 13.3. The maximum absolute atomic E-state index is 12.4. The number of hydrogen-bond donors (Lipinski definition) is 0. The fraction of sp³-hybridized carbons (Fsp3) is 0.875. The van der Waals surface area contributed by atoms with E-state index in [-0.39, 0.29) is 13.0 Å². The Hall–Kier alpha value is -1.95. The number of carbonyl (C=O) groups excluding carboxylic acids is 2. The molecule has 0 saturated carbocycles. The lowest BCUT2D eigenvalue weighted by Gasteiger charge is -2.47. The standard InChI is InChI=1S/C16H27N3O9/c1-9(20)27-10-7-16(26-6,15(21)25-5)28-14(12(10)18-19-17)13(24-4)11(23-3)8-22-2/h10-14H,7-8H2,1-6H3/t10-,11-,12-,13-,14?,16+/m1/s1. The molecule has 0 radical (unpaired) electrons. The van der Waals surface area contributed by atoms with Gasteiger partial charge < -0.3 is 33.2 Å². The summed E-state index contributed by atoms with van der Waals surface area (Å²) < 4.78 is 37.4. The molecule has 1 unspecified atom stereocenters. The fourth-order valence-corrected chi connectivity index (χ4v) is 3.18. The average molecular weight is 405 g/mol. The van der Waals surface area contributed by atoms with Crippen molar-refractivity contribution in [1.29, 1.82) is 0 Å². The van der Waals surface area contributed by atoms with Gasteiger partial charge in [0.25, 0.3) is 5.79 Å². The number of esters is 2. The Morgan fingerprint density at radius 3 is 2.36 bits per heavy atom. The van der Waals surface area contributed by atoms with Crippen LogP contribution in [0, 0.1) is 0 Å². The van der Waals surface area contributed by atoms with E-state index in [9.17, 15) is 9.59 Å². The fourth-order valence-electron chi connectivity index (χ4n) is 3.18. The summed E-state index contributed by atoms with van der Waals surface area (Å²) in [6.45, 7) is 1.31. The van der Waals surface area contributed by atoms with Gasteiger partial charge in [0.1, 0.15) is 30.5 Å². The van der Waals surface area contributed by atoms with Crippen molar-refractivity contribution in [3.63, 3.8) is 0 Å². The molecular formula is C16H27N3O9. The lowest BCUT2D eigenvalue weighted by molar-refractivity contribution is -0.306. The molecule has 0 N–H and O–H groups in total. The van der Waals surface area contributed by atoms with E-state index in [1.807, 2.05) is 0 Å². The molecule has 0 aliphatic carbocycles. The first kappa shape index (κ1) is 24.1. The summed E-state index contributed by atoms with van der Waals surface area (Å²) in [6, 6.07) is -1.03. The van der Waals surface area contributed by atoms with E-state index in [1.54, 1.807) is 0 Å². The van der Waals surface area contributed by atoms with Gasteiger partial charge >= 0.3 is 11.9 Å². The van der Waals surface area contributed by atoms with Gasteiger partial charge in [0.05, 0.1) is 20.1 Å². The van der Waals surface area contributed by atoms with Crippen LogP contribution < -0.4 is 0 Å². The van der Waals surface area contributed by atoms with E-state index >= 15 is 0 Å². The first-order valence-electron chi connectivity index (χ1n) is 8.41. The Morgan fingerprint density at radius 1 is 1.25 bits per heavy atom. The van der Waals surface area contributed by atoms with Crippen LogP contribution in [0.2, 0.25) is 0 Å². The van der Waals surface area contributed by atoms with Gasteiger partial charge in [-0.1, -0.05) is 5.11 Å². The second-order valence-corrected chi connectivity index (χ2v) is 6.01. The van der Waals surface area contributed by atoms with E-state index in [0.717, 1.165) is 0 Å². The summed E-state index contributed by atoms with van der Waals surface area (Å²) in [5.74, 6) is -3.37. The van der Waals surface area contributed by atoms with Gasteiger partial charge in [-0.25, -0.2) is 4.79 Å². The molecule has 6 atom stereocenters. The van der Waals surface area contributed by atoms with Gasteiger partial charge in [-0.2, -0.15) is 0 Å². The normalized spacial score (nSPS) is 29.3. The monoisotopic (exact) mass is 405 g/mol. The van der Waals surface area contributed by atoms with Crippen LogP contribution >= 0.6 is 0 Å². The predicted octanol–water partition coefficient (Wildman–Crippen LogP) is 0.578. The van der Waals surface area contributed by atoms with Gasteiger partial charge in [-0.05, 0) is 5.53 Å². The van der Waals surface area contributed by atoms with E-state index in [0.29, 0.717) is 0 Å². The minimum absolute atomic E-state index is 0.119. The topological polar surface area (TPSA) is 148 Å². The average Bonchev–Trinajstić information content (AvgIpc) is 2.68. The van der Waals surface area contributed by atoms with Crippen LogP contribution in [-0.2, 0) is 42.7 Å². The van der Waals surface area contributed by atoms with Crippen LogP contribution in [0.4, 0.5) is 0 Å². The smallest absolute Gasteiger partial charge is 0.366 e. The van der Waals surface area contributed by atoms with E-state index in [4.69, 9.17) is 38.7 Å². The quantitative estimate of drug-likeness (QED) is 0.220. The summed E-state index contributed by atoms with van der Waals surface area (Å²) in [5.41, 5.74) is 9.03. The van der Waals surface area contributed by atoms with Crippen molar-refractivity contribution < 1.29 is 42.7 Å². The number of methoxy groups -OCH3 is 5. The van der Waals surface area contributed by atoms with Crippen LogP contribution in [0.15, 0.2) is 5.11 Å². The molecule has 0 aromatic rings. The van der Waals surface area contributed by atoms with Gasteiger partial charge in [0.15, 0.2) is 0 Å². The molecule has 12 heteroatoms. The lowest BCUT2D eigenvalue weighted by atomic mass is 9.88. The maximum Gasteiger partial charge on any atom is 0.366 e. The molecule has 0 amide bonds. The Balaban J connectivity index is 3.47. The second kappa shape index (κ2) is 11.1. The number of carbonyl (C=O) groups is 2. The minimum Gasteiger partial charge on any atom is -0.465 e. The molecule has 1 aliphatic heterocycles. The molecular weight excluding hydrogens is 378 g/mol. The molecule has 1 fully saturated rings. The third-order valence-corrected chi connectivity index (χ3v) is 4.44. The van der Waals surface area contributed by atoms with Crippen LogP contribution in [0.5, 0.6) is 0 Å². The predicted molar refractivity (Wildman–Crippen MR) is 93.2 cm³/mol. The first-order valence-corrected chi connectivity index (χ1v) is 8.41. The van der Waals surface area contributed by atoms with Crippen molar-refractivity contribution in [1.82, 2.24) is 0 Å². The molecule has 28 heavy (non-hydrogen) atoms. The van der Waals surface area contributed by atoms with Crippen molar-refractivity contribution in [2.45, 2.75) is 49.6 Å². The number of azide groups is 1. The Labute approximate surface area is 162 Å². The van der Waals surface area contributed by atoms with Crippen LogP contribution in [-0.4, -0.2) is 90.3 Å². The molecule has 1 rings (SSSR count). The van der Waals surface area contributed by atoms with Crippen LogP contribution in [0.1, 0.15) is 13.3 Å². The number of rotatable bonds is 10. The van der Waals surface area contributed by atoms with Gasteiger partial charge in [0.2, 0.25) is 0 Å². The van der Waals surface area contributed by atoms with Gasteiger partial charge in [-0.15, -0.1) is 0 Å². The van der Waals surface area contributed by atoms with Crippen molar-refractivity contribution in [3.8, 4) is 0 Å². The summed E-state index contributed by atoms with van der Waals surface area (Å²) in [5, 5.41) is 3.72. The van der Waals surface area contributed by atoms with Crippen molar-refractivity contribution >= 4 is 11.9 Å². The summed E-state index contributed by atoms with van der Waals surface area (Å²) in [6.07, 6.45) is -3.88. The number of hydrogen-bond acceptors (Lipinski definition) is 10. The number of ether oxygens (including phenoxy) is 7. The third kappa shape index (κ3) is 5.31. The lowest BCUT2D eigenvalue weighted by Crippen LogP contribution is -2.64. The zero-order chi connectivity index (χ0) is 21.3. The Morgan fingerprint density at radius 2 is 1.93 bits per heavy atom. The van der Waals surface area contributed by atoms with E-state index in [1.165, 1.54) is 42.5 Å². The molecule has 0 bridgehead atoms. The van der Waals surface area contributed by atoms with Crippen molar-refractivity contribution in [3.05, 3.63) is 10.4 Å². The molecule has 0 aromatic heterocycles. The molecule has 1 saturated heterocycles. The summed E-state index contributed by atoms with van der Waals surface area (Å²) >= 11 is 0. The number of nitrogens with zero attached hydrogens (tertiary/aromatic N) is 3. The largest absolute Gasteiger partial charge is 0.465 e. The maximum atomic E-state index is 12.4. The highest BCUT2D eigenvalue weighted by Crippen LogP contribution is 2.37. The molecule has 1 heterocycles.